The zero-order chi connectivity index (χ0) is 34.6. The number of furan rings is 1. The number of fused-ring (bicyclic) bond motifs is 11. The monoisotopic (exact) mass is 699 g/mol. The predicted octanol–water partition coefficient (Wildman–Crippen LogP) is 13.0. The fourth-order valence-electron chi connectivity index (χ4n) is 8.64. The van der Waals surface area contributed by atoms with Crippen molar-refractivity contribution >= 4 is 99.7 Å². The Morgan fingerprint density at radius 2 is 1.17 bits per heavy atom. The number of para-hydroxylation sites is 1. The first-order chi connectivity index (χ1) is 25.5. The van der Waals surface area contributed by atoms with Crippen LogP contribution in [0.1, 0.15) is 0 Å². The number of thiophene rings is 1. The van der Waals surface area contributed by atoms with Crippen molar-refractivity contribution in [2.45, 2.75) is 13.1 Å². The second kappa shape index (κ2) is 11.0. The number of hydrogen-bond acceptors (Lipinski definition) is 3. The van der Waals surface area contributed by atoms with Crippen LogP contribution in [0.15, 0.2) is 168 Å². The van der Waals surface area contributed by atoms with Gasteiger partial charge in [-0.05, 0) is 110 Å². The molecule has 11 rings (SSSR count). The Hall–Kier alpha value is -5.94. The van der Waals surface area contributed by atoms with E-state index in [0.717, 1.165) is 22.5 Å². The maximum atomic E-state index is 6.37. The van der Waals surface area contributed by atoms with Crippen molar-refractivity contribution in [2.24, 2.45) is 0 Å². The lowest BCUT2D eigenvalue weighted by molar-refractivity contribution is 0.669. The highest BCUT2D eigenvalue weighted by atomic mass is 32.1. The molecule has 1 aliphatic rings. The Morgan fingerprint density at radius 3 is 2.06 bits per heavy atom. The average molecular weight is 700 g/mol. The molecule has 0 fully saturated rings. The third kappa shape index (κ3) is 4.35. The summed E-state index contributed by atoms with van der Waals surface area (Å²) in [7, 11) is -2.05. The van der Waals surface area contributed by atoms with Crippen LogP contribution in [0.5, 0.6) is 0 Å². The zero-order valence-electron chi connectivity index (χ0n) is 28.9. The summed E-state index contributed by atoms with van der Waals surface area (Å²) < 4.78 is 9.00. The molecule has 0 saturated carbocycles. The highest BCUT2D eigenvalue weighted by molar-refractivity contribution is 7.25. The van der Waals surface area contributed by atoms with Gasteiger partial charge in [-0.2, -0.15) is 0 Å². The van der Waals surface area contributed by atoms with Crippen molar-refractivity contribution < 1.29 is 4.42 Å². The third-order valence-corrected chi connectivity index (χ3v) is 15.9. The van der Waals surface area contributed by atoms with Gasteiger partial charge in [0.1, 0.15) is 19.2 Å². The summed E-state index contributed by atoms with van der Waals surface area (Å²) >= 11 is 1.86. The van der Waals surface area contributed by atoms with E-state index in [-0.39, 0.29) is 0 Å². The topological polar surface area (TPSA) is 16.4 Å². The number of rotatable bonds is 4. The van der Waals surface area contributed by atoms with Crippen molar-refractivity contribution in [3.05, 3.63) is 164 Å². The van der Waals surface area contributed by atoms with Crippen LogP contribution in [0, 0.1) is 0 Å². The van der Waals surface area contributed by atoms with Gasteiger partial charge in [0.05, 0.1) is 0 Å². The predicted molar refractivity (Wildman–Crippen MR) is 226 cm³/mol. The minimum Gasteiger partial charge on any atom is -0.456 e. The first-order valence-corrected chi connectivity index (χ1v) is 21.7. The largest absolute Gasteiger partial charge is 0.456 e. The fourth-order valence-corrected chi connectivity index (χ4v) is 12.8. The first-order valence-electron chi connectivity index (χ1n) is 17.9. The molecule has 3 heterocycles. The SMILES string of the molecule is C[Si]1(C)c2cc(N(c3ccc(-c4ccc5ccccc5c4)cc3)c3ccc4sc5ccccc5c4c3)ccc2-c2c1ccc1oc3ccccc3c21. The van der Waals surface area contributed by atoms with Crippen molar-refractivity contribution in [2.75, 3.05) is 4.90 Å². The fraction of sp³-hybridized carbons (Fsp3) is 0.0417. The van der Waals surface area contributed by atoms with Crippen molar-refractivity contribution in [3.63, 3.8) is 0 Å². The van der Waals surface area contributed by atoms with Crippen molar-refractivity contribution in [3.8, 4) is 22.3 Å². The second-order valence-electron chi connectivity index (χ2n) is 14.5. The summed E-state index contributed by atoms with van der Waals surface area (Å²) in [5, 5.41) is 10.5. The summed E-state index contributed by atoms with van der Waals surface area (Å²) in [5.41, 5.74) is 10.5. The molecule has 1 aliphatic heterocycles. The number of nitrogens with zero attached hydrogens (tertiary/aromatic N) is 1. The molecule has 4 heteroatoms. The molecule has 0 aliphatic carbocycles. The van der Waals surface area contributed by atoms with Gasteiger partial charge in [0.2, 0.25) is 0 Å². The highest BCUT2D eigenvalue weighted by Gasteiger charge is 2.39. The Morgan fingerprint density at radius 1 is 0.481 bits per heavy atom. The lowest BCUT2D eigenvalue weighted by atomic mass is 9.99. The van der Waals surface area contributed by atoms with E-state index in [2.05, 4.69) is 182 Å². The second-order valence-corrected chi connectivity index (χ2v) is 19.9. The molecule has 2 nitrogen and oxygen atoms in total. The maximum absolute atomic E-state index is 6.37. The van der Waals surface area contributed by atoms with Crippen LogP contribution in [-0.2, 0) is 0 Å². The molecule has 8 aromatic carbocycles. The number of anilines is 3. The molecule has 0 radical (unpaired) electrons. The molecule has 10 aromatic rings. The highest BCUT2D eigenvalue weighted by Crippen LogP contribution is 2.44. The van der Waals surface area contributed by atoms with Gasteiger partial charge in [0.15, 0.2) is 0 Å². The zero-order valence-corrected chi connectivity index (χ0v) is 30.7. The molecule has 0 amide bonds. The van der Waals surface area contributed by atoms with E-state index < -0.39 is 8.07 Å². The van der Waals surface area contributed by atoms with Gasteiger partial charge < -0.3 is 9.32 Å². The summed E-state index contributed by atoms with van der Waals surface area (Å²) in [6.07, 6.45) is 0. The Kier molecular flexibility index (Phi) is 6.31. The Balaban J connectivity index is 1.09. The standard InChI is InChI=1S/C48H33NOSSi/c1-52(2)45-26-24-42-47(38-12-5-7-13-41(38)50-42)48(45)39-23-21-36(29-46(39)52)49(35-22-25-44-40(28-35)37-11-6-8-14-43(37)51-44)34-19-17-31(18-20-34)33-16-15-30-9-3-4-10-32(30)27-33/h3-29H,1-2H3. The van der Waals surface area contributed by atoms with Crippen LogP contribution < -0.4 is 15.3 Å². The molecule has 0 bridgehead atoms. The normalized spacial score (nSPS) is 13.3. The quantitative estimate of drug-likeness (QED) is 0.170. The molecular formula is C48H33NOSSi. The summed E-state index contributed by atoms with van der Waals surface area (Å²) in [5.74, 6) is 0. The molecule has 246 valence electrons. The van der Waals surface area contributed by atoms with Crippen LogP contribution in [0.25, 0.3) is 75.1 Å². The van der Waals surface area contributed by atoms with E-state index in [1.165, 1.54) is 80.0 Å². The first kappa shape index (κ1) is 29.8. The Labute approximate surface area is 306 Å². The van der Waals surface area contributed by atoms with E-state index in [0.29, 0.717) is 0 Å². The summed E-state index contributed by atoms with van der Waals surface area (Å²) in [6, 6.07) is 60.4. The van der Waals surface area contributed by atoms with E-state index in [1.54, 1.807) is 0 Å². The molecule has 0 N–H and O–H groups in total. The number of benzene rings is 8. The van der Waals surface area contributed by atoms with Gasteiger partial charge in [-0.25, -0.2) is 0 Å². The van der Waals surface area contributed by atoms with Crippen molar-refractivity contribution in [1.29, 1.82) is 0 Å². The minimum absolute atomic E-state index is 0.949. The lowest BCUT2D eigenvalue weighted by Crippen LogP contribution is -2.49. The molecule has 0 spiro atoms. The lowest BCUT2D eigenvalue weighted by Gasteiger charge is -2.28. The molecule has 2 aromatic heterocycles. The molecule has 0 unspecified atom stereocenters. The van der Waals surface area contributed by atoms with Gasteiger partial charge in [0.25, 0.3) is 0 Å². The van der Waals surface area contributed by atoms with Crippen LogP contribution in [0.4, 0.5) is 17.1 Å². The van der Waals surface area contributed by atoms with Crippen LogP contribution in [0.3, 0.4) is 0 Å². The van der Waals surface area contributed by atoms with Crippen LogP contribution in [-0.4, -0.2) is 8.07 Å². The van der Waals surface area contributed by atoms with E-state index in [1.807, 2.05) is 11.3 Å². The molecule has 0 atom stereocenters. The van der Waals surface area contributed by atoms with Crippen LogP contribution in [0.2, 0.25) is 13.1 Å². The van der Waals surface area contributed by atoms with Crippen LogP contribution >= 0.6 is 11.3 Å². The Bertz CT molecular complexity index is 3060. The van der Waals surface area contributed by atoms with Gasteiger partial charge >= 0.3 is 0 Å². The van der Waals surface area contributed by atoms with Crippen molar-refractivity contribution in [1.82, 2.24) is 0 Å². The van der Waals surface area contributed by atoms with Gasteiger partial charge in [0, 0.05) is 48.0 Å². The van der Waals surface area contributed by atoms with E-state index >= 15 is 0 Å². The molecular weight excluding hydrogens is 667 g/mol. The van der Waals surface area contributed by atoms with E-state index in [9.17, 15) is 0 Å². The summed E-state index contributed by atoms with van der Waals surface area (Å²) in [4.78, 5) is 2.45. The smallest absolute Gasteiger partial charge is 0.136 e. The van der Waals surface area contributed by atoms with Gasteiger partial charge in [-0.3, -0.25) is 0 Å². The molecule has 52 heavy (non-hydrogen) atoms. The number of hydrogen-bond donors (Lipinski definition) is 0. The van der Waals surface area contributed by atoms with Gasteiger partial charge in [-0.1, -0.05) is 110 Å². The maximum Gasteiger partial charge on any atom is 0.136 e. The molecule has 0 saturated heterocycles. The average Bonchev–Trinajstić information content (AvgIpc) is 3.82. The third-order valence-electron chi connectivity index (χ3n) is 11.2. The van der Waals surface area contributed by atoms with E-state index in [4.69, 9.17) is 4.42 Å². The van der Waals surface area contributed by atoms with Gasteiger partial charge in [-0.15, -0.1) is 11.3 Å². The minimum atomic E-state index is -2.05. The summed E-state index contributed by atoms with van der Waals surface area (Å²) in [6.45, 7) is 5.00.